The zero-order chi connectivity index (χ0) is 11.1. The van der Waals surface area contributed by atoms with Crippen molar-refractivity contribution in [3.63, 3.8) is 0 Å². The number of rotatable bonds is 1. The summed E-state index contributed by atoms with van der Waals surface area (Å²) >= 11 is 11.0. The molecule has 3 nitrogen and oxygen atoms in total. The first-order valence-corrected chi connectivity index (χ1v) is 6.49. The van der Waals surface area contributed by atoms with E-state index in [4.69, 9.17) is 11.6 Å². The minimum absolute atomic E-state index is 0.671. The van der Waals surface area contributed by atoms with Gasteiger partial charge in [-0.25, -0.2) is 0 Å². The second-order valence-corrected chi connectivity index (χ2v) is 6.10. The number of hydrogen-bond acceptors (Lipinski definition) is 3. The van der Waals surface area contributed by atoms with Crippen molar-refractivity contribution < 1.29 is 0 Å². The third-order valence-electron chi connectivity index (χ3n) is 2.16. The van der Waals surface area contributed by atoms with E-state index in [9.17, 15) is 0 Å². The minimum atomic E-state index is 0.671. The standard InChI is InChI=1S/C10H5BrClN3S/c11-8-3-2-7(16-8)10-14-13-9-4-1-6(12)5-15(9)10/h1-5H. The van der Waals surface area contributed by atoms with Gasteiger partial charge in [0.1, 0.15) is 0 Å². The van der Waals surface area contributed by atoms with Crippen molar-refractivity contribution in [2.75, 3.05) is 0 Å². The van der Waals surface area contributed by atoms with Crippen molar-refractivity contribution >= 4 is 44.5 Å². The zero-order valence-corrected chi connectivity index (χ0v) is 11.1. The van der Waals surface area contributed by atoms with Crippen molar-refractivity contribution in [2.24, 2.45) is 0 Å². The molecule has 0 amide bonds. The topological polar surface area (TPSA) is 30.2 Å². The van der Waals surface area contributed by atoms with Gasteiger partial charge in [0.15, 0.2) is 11.5 Å². The maximum absolute atomic E-state index is 5.96. The molecule has 0 N–H and O–H groups in total. The van der Waals surface area contributed by atoms with Gasteiger partial charge in [-0.2, -0.15) is 0 Å². The first-order chi connectivity index (χ1) is 7.74. The molecule has 0 atom stereocenters. The molecule has 0 radical (unpaired) electrons. The number of thiophene rings is 1. The Bertz CT molecular complexity index is 661. The SMILES string of the molecule is Clc1ccc2nnc(-c3ccc(Br)s3)n2c1. The van der Waals surface area contributed by atoms with Gasteiger partial charge in [-0.15, -0.1) is 21.5 Å². The molecule has 3 aromatic heterocycles. The van der Waals surface area contributed by atoms with Crippen LogP contribution in [-0.2, 0) is 0 Å². The van der Waals surface area contributed by atoms with E-state index in [0.29, 0.717) is 5.02 Å². The lowest BCUT2D eigenvalue weighted by Gasteiger charge is -1.96. The van der Waals surface area contributed by atoms with Crippen LogP contribution < -0.4 is 0 Å². The number of fused-ring (bicyclic) bond motifs is 1. The van der Waals surface area contributed by atoms with E-state index >= 15 is 0 Å². The summed E-state index contributed by atoms with van der Waals surface area (Å²) in [7, 11) is 0. The third kappa shape index (κ3) is 1.65. The molecule has 0 spiro atoms. The summed E-state index contributed by atoms with van der Waals surface area (Å²) in [6.07, 6.45) is 1.82. The van der Waals surface area contributed by atoms with E-state index in [-0.39, 0.29) is 0 Å². The molecule has 0 aliphatic rings. The summed E-state index contributed by atoms with van der Waals surface area (Å²) < 4.78 is 2.96. The first kappa shape index (κ1) is 10.3. The fourth-order valence-electron chi connectivity index (χ4n) is 1.47. The largest absolute Gasteiger partial charge is 0.280 e. The van der Waals surface area contributed by atoms with Crippen molar-refractivity contribution in [3.8, 4) is 10.7 Å². The lowest BCUT2D eigenvalue weighted by atomic mass is 10.4. The highest BCUT2D eigenvalue weighted by molar-refractivity contribution is 9.11. The van der Waals surface area contributed by atoms with Crippen LogP contribution in [-0.4, -0.2) is 14.6 Å². The quantitative estimate of drug-likeness (QED) is 0.682. The normalized spacial score (nSPS) is 11.1. The Morgan fingerprint density at radius 3 is 2.81 bits per heavy atom. The monoisotopic (exact) mass is 313 g/mol. The smallest absolute Gasteiger partial charge is 0.178 e. The molecule has 3 aromatic rings. The molecule has 80 valence electrons. The lowest BCUT2D eigenvalue weighted by Crippen LogP contribution is -1.86. The molecule has 3 rings (SSSR count). The molecule has 16 heavy (non-hydrogen) atoms. The fourth-order valence-corrected chi connectivity index (χ4v) is 3.00. The van der Waals surface area contributed by atoms with Gasteiger partial charge in [0.05, 0.1) is 13.7 Å². The average molecular weight is 315 g/mol. The van der Waals surface area contributed by atoms with Crippen LogP contribution >= 0.6 is 38.9 Å². The van der Waals surface area contributed by atoms with Crippen LogP contribution in [0.5, 0.6) is 0 Å². The number of halogens is 2. The molecular formula is C10H5BrClN3S. The summed E-state index contributed by atoms with van der Waals surface area (Å²) in [4.78, 5) is 1.06. The number of nitrogens with zero attached hydrogens (tertiary/aromatic N) is 3. The molecule has 0 bridgehead atoms. The van der Waals surface area contributed by atoms with E-state index in [1.165, 1.54) is 0 Å². The van der Waals surface area contributed by atoms with Crippen LogP contribution in [0, 0.1) is 0 Å². The zero-order valence-electron chi connectivity index (χ0n) is 7.89. The summed E-state index contributed by atoms with van der Waals surface area (Å²) in [5.74, 6) is 0.813. The van der Waals surface area contributed by atoms with Gasteiger partial charge in [0, 0.05) is 6.20 Å². The number of pyridine rings is 1. The summed E-state index contributed by atoms with van der Waals surface area (Å²) in [6.45, 7) is 0. The molecule has 0 saturated heterocycles. The van der Waals surface area contributed by atoms with E-state index in [0.717, 1.165) is 20.1 Å². The summed E-state index contributed by atoms with van der Waals surface area (Å²) in [6, 6.07) is 7.65. The lowest BCUT2D eigenvalue weighted by molar-refractivity contribution is 1.12. The highest BCUT2D eigenvalue weighted by Crippen LogP contribution is 2.30. The highest BCUT2D eigenvalue weighted by atomic mass is 79.9. The van der Waals surface area contributed by atoms with Crippen molar-refractivity contribution in [3.05, 3.63) is 39.3 Å². The Morgan fingerprint density at radius 2 is 2.06 bits per heavy atom. The van der Waals surface area contributed by atoms with Crippen LogP contribution in [0.1, 0.15) is 0 Å². The molecule has 0 aliphatic carbocycles. The summed E-state index contributed by atoms with van der Waals surface area (Å²) in [5.41, 5.74) is 0.795. The molecule has 0 saturated carbocycles. The summed E-state index contributed by atoms with van der Waals surface area (Å²) in [5, 5.41) is 8.93. The Kier molecular flexibility index (Phi) is 2.46. The maximum Gasteiger partial charge on any atom is 0.178 e. The molecule has 6 heteroatoms. The molecule has 3 heterocycles. The number of hydrogen-bond donors (Lipinski definition) is 0. The first-order valence-electron chi connectivity index (χ1n) is 4.50. The van der Waals surface area contributed by atoms with Crippen molar-refractivity contribution in [2.45, 2.75) is 0 Å². The van der Waals surface area contributed by atoms with Gasteiger partial charge >= 0.3 is 0 Å². The second-order valence-electron chi connectivity index (χ2n) is 3.20. The highest BCUT2D eigenvalue weighted by Gasteiger charge is 2.10. The van der Waals surface area contributed by atoms with Gasteiger partial charge in [0.25, 0.3) is 0 Å². The van der Waals surface area contributed by atoms with Crippen molar-refractivity contribution in [1.29, 1.82) is 0 Å². The van der Waals surface area contributed by atoms with Gasteiger partial charge in [0.2, 0.25) is 0 Å². The van der Waals surface area contributed by atoms with Gasteiger partial charge in [-0.05, 0) is 40.2 Å². The predicted octanol–water partition coefficient (Wildman–Crippen LogP) is 3.87. The van der Waals surface area contributed by atoms with Gasteiger partial charge in [-0.3, -0.25) is 4.40 Å². The van der Waals surface area contributed by atoms with Crippen LogP contribution in [0.15, 0.2) is 34.2 Å². The van der Waals surface area contributed by atoms with Crippen molar-refractivity contribution in [1.82, 2.24) is 14.6 Å². The maximum atomic E-state index is 5.96. The van der Waals surface area contributed by atoms with Crippen LogP contribution in [0.4, 0.5) is 0 Å². The average Bonchev–Trinajstić information content (AvgIpc) is 2.83. The molecule has 0 fully saturated rings. The molecule has 0 aliphatic heterocycles. The molecular weight excluding hydrogens is 310 g/mol. The van der Waals surface area contributed by atoms with Crippen LogP contribution in [0.25, 0.3) is 16.3 Å². The predicted molar refractivity (Wildman–Crippen MR) is 69.0 cm³/mol. The fraction of sp³-hybridized carbons (Fsp3) is 0. The molecule has 0 unspecified atom stereocenters. The Hall–Kier alpha value is -0.910. The third-order valence-corrected chi connectivity index (χ3v) is 4.00. The Balaban J connectivity index is 2.27. The number of aromatic nitrogens is 3. The van der Waals surface area contributed by atoms with E-state index < -0.39 is 0 Å². The Labute approximate surface area is 109 Å². The van der Waals surface area contributed by atoms with E-state index in [1.807, 2.05) is 28.8 Å². The second kappa shape index (κ2) is 3.84. The van der Waals surface area contributed by atoms with Crippen LogP contribution in [0.2, 0.25) is 5.02 Å². The Morgan fingerprint density at radius 1 is 1.19 bits per heavy atom. The van der Waals surface area contributed by atoms with Gasteiger partial charge < -0.3 is 0 Å². The molecule has 0 aromatic carbocycles. The van der Waals surface area contributed by atoms with E-state index in [2.05, 4.69) is 26.1 Å². The van der Waals surface area contributed by atoms with E-state index in [1.54, 1.807) is 17.4 Å². The minimum Gasteiger partial charge on any atom is -0.280 e. The van der Waals surface area contributed by atoms with Gasteiger partial charge in [-0.1, -0.05) is 11.6 Å². The van der Waals surface area contributed by atoms with Crippen LogP contribution in [0.3, 0.4) is 0 Å².